The first-order valence-corrected chi connectivity index (χ1v) is 4.96. The van der Waals surface area contributed by atoms with Gasteiger partial charge < -0.3 is 10.6 Å². The molecule has 0 bridgehead atoms. The van der Waals surface area contributed by atoms with E-state index in [0.717, 1.165) is 6.42 Å². The molecule has 3 atom stereocenters. The van der Waals surface area contributed by atoms with Gasteiger partial charge in [0.2, 0.25) is 5.91 Å². The molecule has 1 saturated heterocycles. The molecule has 0 aromatic carbocycles. The van der Waals surface area contributed by atoms with Gasteiger partial charge in [0, 0.05) is 12.5 Å². The predicted octanol–water partition coefficient (Wildman–Crippen LogP) is 0.483. The highest BCUT2D eigenvalue weighted by molar-refractivity contribution is 5.83. The summed E-state index contributed by atoms with van der Waals surface area (Å²) < 4.78 is 0. The molecule has 0 saturated carbocycles. The maximum absolute atomic E-state index is 11.8. The Morgan fingerprint density at radius 1 is 1.64 bits per heavy atom. The fourth-order valence-corrected chi connectivity index (χ4v) is 1.66. The maximum atomic E-state index is 11.8. The van der Waals surface area contributed by atoms with E-state index in [1.165, 1.54) is 0 Å². The van der Waals surface area contributed by atoms with Gasteiger partial charge in [-0.05, 0) is 12.8 Å². The average molecular weight is 195 g/mol. The highest BCUT2D eigenvalue weighted by Crippen LogP contribution is 2.26. The maximum Gasteiger partial charge on any atom is 0.241 e. The van der Waals surface area contributed by atoms with Crippen molar-refractivity contribution >= 4 is 5.91 Å². The van der Waals surface area contributed by atoms with Gasteiger partial charge in [-0.2, -0.15) is 5.26 Å². The van der Waals surface area contributed by atoms with Gasteiger partial charge in [0.25, 0.3) is 0 Å². The Hall–Kier alpha value is -1.08. The number of nitriles is 1. The molecule has 1 heterocycles. The molecule has 1 aliphatic rings. The summed E-state index contributed by atoms with van der Waals surface area (Å²) in [5.41, 5.74) is 5.75. The molecular weight excluding hydrogens is 178 g/mol. The van der Waals surface area contributed by atoms with Gasteiger partial charge in [-0.25, -0.2) is 0 Å². The largest absolute Gasteiger partial charge is 0.322 e. The van der Waals surface area contributed by atoms with Crippen LogP contribution in [0.1, 0.15) is 27.2 Å². The van der Waals surface area contributed by atoms with Gasteiger partial charge in [0.15, 0.2) is 0 Å². The minimum atomic E-state index is -0.478. The van der Waals surface area contributed by atoms with Gasteiger partial charge in [-0.1, -0.05) is 13.8 Å². The zero-order chi connectivity index (χ0) is 10.9. The quantitative estimate of drug-likeness (QED) is 0.696. The normalized spacial score (nSPS) is 28.1. The summed E-state index contributed by atoms with van der Waals surface area (Å²) in [5, 5.41) is 8.76. The van der Waals surface area contributed by atoms with Crippen molar-refractivity contribution < 1.29 is 4.79 Å². The molecule has 14 heavy (non-hydrogen) atoms. The fraction of sp³-hybridized carbons (Fsp3) is 0.800. The van der Waals surface area contributed by atoms with Gasteiger partial charge in [0.1, 0.15) is 6.04 Å². The molecule has 2 unspecified atom stereocenters. The minimum Gasteiger partial charge on any atom is -0.322 e. The van der Waals surface area contributed by atoms with E-state index in [9.17, 15) is 4.79 Å². The fourth-order valence-electron chi connectivity index (χ4n) is 1.66. The van der Waals surface area contributed by atoms with Crippen LogP contribution in [0.5, 0.6) is 0 Å². The van der Waals surface area contributed by atoms with Crippen molar-refractivity contribution in [1.29, 1.82) is 5.26 Å². The van der Waals surface area contributed by atoms with Crippen molar-refractivity contribution in [3.63, 3.8) is 0 Å². The lowest BCUT2D eigenvalue weighted by atomic mass is 9.92. The summed E-state index contributed by atoms with van der Waals surface area (Å²) in [4.78, 5) is 13.4. The standard InChI is InChI=1S/C10H17N3O/c1-6(2)9(12)10(14)13-7(3)4-8(13)5-11/h6-9H,4,12H2,1-3H3/t7?,8?,9-/m0/s1. The lowest BCUT2D eigenvalue weighted by Crippen LogP contribution is -2.61. The SMILES string of the molecule is CC(C)[C@H](N)C(=O)N1C(C)CC1C#N. The minimum absolute atomic E-state index is 0.0923. The van der Waals surface area contributed by atoms with Gasteiger partial charge in [-0.15, -0.1) is 0 Å². The van der Waals surface area contributed by atoms with Crippen molar-refractivity contribution in [2.24, 2.45) is 11.7 Å². The third-order valence-corrected chi connectivity index (χ3v) is 2.78. The van der Waals surface area contributed by atoms with Crippen LogP contribution in [0, 0.1) is 17.2 Å². The van der Waals surface area contributed by atoms with Crippen molar-refractivity contribution in [2.45, 2.75) is 45.3 Å². The summed E-state index contributed by atoms with van der Waals surface area (Å²) >= 11 is 0. The van der Waals surface area contributed by atoms with Gasteiger partial charge in [0.05, 0.1) is 12.1 Å². The van der Waals surface area contributed by atoms with Crippen molar-refractivity contribution in [1.82, 2.24) is 4.90 Å². The molecular formula is C10H17N3O. The van der Waals surface area contributed by atoms with Crippen molar-refractivity contribution in [3.8, 4) is 6.07 Å². The Morgan fingerprint density at radius 2 is 2.21 bits per heavy atom. The first-order chi connectivity index (χ1) is 6.49. The summed E-state index contributed by atoms with van der Waals surface area (Å²) in [6, 6.07) is 1.53. The molecule has 1 aliphatic heterocycles. The molecule has 0 aromatic rings. The number of hydrogen-bond donors (Lipinski definition) is 1. The van der Waals surface area contributed by atoms with Crippen LogP contribution >= 0.6 is 0 Å². The van der Waals surface area contributed by atoms with Crippen LogP contribution in [-0.2, 0) is 4.79 Å². The van der Waals surface area contributed by atoms with Crippen LogP contribution in [0.3, 0.4) is 0 Å². The summed E-state index contributed by atoms with van der Waals surface area (Å²) in [5.74, 6) is 0.0277. The van der Waals surface area contributed by atoms with E-state index in [0.29, 0.717) is 0 Å². The Bertz CT molecular complexity index is 269. The van der Waals surface area contributed by atoms with Crippen LogP contribution in [0.15, 0.2) is 0 Å². The highest BCUT2D eigenvalue weighted by atomic mass is 16.2. The Labute approximate surface area is 84.7 Å². The number of nitrogens with two attached hydrogens (primary N) is 1. The van der Waals surface area contributed by atoms with Crippen LogP contribution in [0.25, 0.3) is 0 Å². The number of nitrogens with zero attached hydrogens (tertiary/aromatic N) is 2. The van der Waals surface area contributed by atoms with Crippen LogP contribution < -0.4 is 5.73 Å². The molecule has 1 fully saturated rings. The van der Waals surface area contributed by atoms with E-state index in [4.69, 9.17) is 11.0 Å². The molecule has 0 radical (unpaired) electrons. The number of amides is 1. The predicted molar refractivity (Wildman–Crippen MR) is 53.1 cm³/mol. The van der Waals surface area contributed by atoms with Crippen LogP contribution in [-0.4, -0.2) is 28.9 Å². The molecule has 2 N–H and O–H groups in total. The van der Waals surface area contributed by atoms with E-state index in [-0.39, 0.29) is 23.9 Å². The molecule has 78 valence electrons. The second-order valence-corrected chi connectivity index (χ2v) is 4.24. The van der Waals surface area contributed by atoms with E-state index in [2.05, 4.69) is 6.07 Å². The molecule has 1 rings (SSSR count). The summed E-state index contributed by atoms with van der Waals surface area (Å²) in [7, 11) is 0. The van der Waals surface area contributed by atoms with Crippen molar-refractivity contribution in [3.05, 3.63) is 0 Å². The van der Waals surface area contributed by atoms with E-state index >= 15 is 0 Å². The van der Waals surface area contributed by atoms with E-state index in [1.54, 1.807) is 4.90 Å². The molecule has 4 heteroatoms. The number of hydrogen-bond acceptors (Lipinski definition) is 3. The lowest BCUT2D eigenvalue weighted by molar-refractivity contribution is -0.143. The second kappa shape index (κ2) is 3.97. The van der Waals surface area contributed by atoms with Gasteiger partial charge >= 0.3 is 0 Å². The van der Waals surface area contributed by atoms with E-state index < -0.39 is 6.04 Å². The zero-order valence-electron chi connectivity index (χ0n) is 8.90. The average Bonchev–Trinajstić information content (AvgIpc) is 2.11. The first kappa shape index (κ1) is 11.0. The first-order valence-electron chi connectivity index (χ1n) is 4.96. The third-order valence-electron chi connectivity index (χ3n) is 2.78. The van der Waals surface area contributed by atoms with Crippen LogP contribution in [0.2, 0.25) is 0 Å². The monoisotopic (exact) mass is 195 g/mol. The lowest BCUT2D eigenvalue weighted by Gasteiger charge is -2.44. The Morgan fingerprint density at radius 3 is 2.57 bits per heavy atom. The van der Waals surface area contributed by atoms with E-state index in [1.807, 2.05) is 20.8 Å². The number of carbonyl (C=O) groups excluding carboxylic acids is 1. The van der Waals surface area contributed by atoms with Crippen LogP contribution in [0.4, 0.5) is 0 Å². The molecule has 0 aliphatic carbocycles. The summed E-state index contributed by atoms with van der Waals surface area (Å²) in [6.07, 6.45) is 0.771. The molecule has 0 spiro atoms. The van der Waals surface area contributed by atoms with Crippen molar-refractivity contribution in [2.75, 3.05) is 0 Å². The molecule has 0 aromatic heterocycles. The summed E-state index contributed by atoms with van der Waals surface area (Å²) in [6.45, 7) is 5.77. The molecule has 1 amide bonds. The number of rotatable bonds is 2. The number of carbonyl (C=O) groups is 1. The number of likely N-dealkylation sites (tertiary alicyclic amines) is 1. The van der Waals surface area contributed by atoms with Gasteiger partial charge in [-0.3, -0.25) is 4.79 Å². The molecule has 4 nitrogen and oxygen atoms in total. The second-order valence-electron chi connectivity index (χ2n) is 4.24. The third kappa shape index (κ3) is 1.73. The topological polar surface area (TPSA) is 70.1 Å². The Balaban J connectivity index is 2.65. The highest BCUT2D eigenvalue weighted by Gasteiger charge is 2.41. The smallest absolute Gasteiger partial charge is 0.241 e. The Kier molecular flexibility index (Phi) is 3.12. The zero-order valence-corrected chi connectivity index (χ0v) is 8.90.